The summed E-state index contributed by atoms with van der Waals surface area (Å²) >= 11 is 0. The fourth-order valence-corrected chi connectivity index (χ4v) is 3.32. The minimum absolute atomic E-state index is 0.247. The highest BCUT2D eigenvalue weighted by molar-refractivity contribution is 5.67. The molecular formula is C14H17NO3. The molecule has 0 unspecified atom stereocenters. The molecule has 0 spiro atoms. The van der Waals surface area contributed by atoms with Gasteiger partial charge in [-0.25, -0.2) is 4.79 Å². The van der Waals surface area contributed by atoms with Crippen LogP contribution in [-0.2, 0) is 11.2 Å². The van der Waals surface area contributed by atoms with E-state index in [-0.39, 0.29) is 6.04 Å². The van der Waals surface area contributed by atoms with E-state index in [1.54, 1.807) is 0 Å². The molecule has 0 saturated heterocycles. The van der Waals surface area contributed by atoms with E-state index < -0.39 is 12.2 Å². The topological polar surface area (TPSA) is 58.6 Å². The number of alkyl carbamates (subject to hydrolysis) is 1. The number of hydrogen-bond acceptors (Lipinski definition) is 3. The SMILES string of the molecule is COC(=O)N[C@@H]1C[C@@H]2CCc3cccc(c32)[C@@H]1O. The number of nitrogens with one attached hydrogen (secondary N) is 1. The predicted octanol–water partition coefficient (Wildman–Crippen LogP) is 1.88. The molecule has 2 N–H and O–H groups in total. The molecule has 0 heterocycles. The lowest BCUT2D eigenvalue weighted by Crippen LogP contribution is -2.42. The normalized spacial score (nSPS) is 28.7. The van der Waals surface area contributed by atoms with Gasteiger partial charge >= 0.3 is 6.09 Å². The average Bonchev–Trinajstić information content (AvgIpc) is 2.79. The molecule has 0 radical (unpaired) electrons. The summed E-state index contributed by atoms with van der Waals surface area (Å²) < 4.78 is 4.61. The van der Waals surface area contributed by atoms with Gasteiger partial charge in [0.15, 0.2) is 0 Å². The number of amides is 1. The van der Waals surface area contributed by atoms with Gasteiger partial charge in [0.2, 0.25) is 0 Å². The Morgan fingerprint density at radius 3 is 3.11 bits per heavy atom. The summed E-state index contributed by atoms with van der Waals surface area (Å²) in [7, 11) is 1.34. The highest BCUT2D eigenvalue weighted by Crippen LogP contribution is 2.46. The number of carbonyl (C=O) groups is 1. The second kappa shape index (κ2) is 4.28. The van der Waals surface area contributed by atoms with Gasteiger partial charge in [-0.3, -0.25) is 0 Å². The van der Waals surface area contributed by atoms with Gasteiger partial charge in [-0.2, -0.15) is 0 Å². The smallest absolute Gasteiger partial charge is 0.407 e. The molecule has 2 aliphatic rings. The molecule has 1 amide bonds. The molecular weight excluding hydrogens is 230 g/mol. The van der Waals surface area contributed by atoms with Gasteiger partial charge in [0.25, 0.3) is 0 Å². The zero-order valence-corrected chi connectivity index (χ0v) is 10.3. The first kappa shape index (κ1) is 11.5. The zero-order valence-electron chi connectivity index (χ0n) is 10.3. The first-order valence-corrected chi connectivity index (χ1v) is 6.35. The molecule has 3 atom stereocenters. The van der Waals surface area contributed by atoms with Crippen molar-refractivity contribution in [2.24, 2.45) is 0 Å². The summed E-state index contributed by atoms with van der Waals surface area (Å²) in [5.74, 6) is 0.460. The van der Waals surface area contributed by atoms with Gasteiger partial charge in [0.1, 0.15) is 0 Å². The molecule has 4 nitrogen and oxygen atoms in total. The van der Waals surface area contributed by atoms with E-state index in [1.165, 1.54) is 18.2 Å². The van der Waals surface area contributed by atoms with Crippen molar-refractivity contribution in [2.45, 2.75) is 37.3 Å². The van der Waals surface area contributed by atoms with Crippen molar-refractivity contribution in [1.82, 2.24) is 5.32 Å². The van der Waals surface area contributed by atoms with Gasteiger partial charge in [-0.1, -0.05) is 18.2 Å². The molecule has 0 fully saturated rings. The number of aliphatic hydroxyl groups is 1. The molecule has 0 aromatic heterocycles. The van der Waals surface area contributed by atoms with Gasteiger partial charge in [-0.15, -0.1) is 0 Å². The maximum atomic E-state index is 11.3. The summed E-state index contributed by atoms with van der Waals surface area (Å²) in [5.41, 5.74) is 3.64. The van der Waals surface area contributed by atoms with Crippen LogP contribution in [0.25, 0.3) is 0 Å². The number of carbonyl (C=O) groups excluding carboxylic acids is 1. The van der Waals surface area contributed by atoms with E-state index in [9.17, 15) is 9.90 Å². The maximum absolute atomic E-state index is 11.3. The number of aliphatic hydroxyl groups excluding tert-OH is 1. The van der Waals surface area contributed by atoms with Crippen LogP contribution in [0.2, 0.25) is 0 Å². The number of benzene rings is 1. The van der Waals surface area contributed by atoms with Crippen LogP contribution in [0.5, 0.6) is 0 Å². The highest BCUT2D eigenvalue weighted by atomic mass is 16.5. The Hall–Kier alpha value is -1.55. The lowest BCUT2D eigenvalue weighted by Gasteiger charge is -2.33. The van der Waals surface area contributed by atoms with Crippen LogP contribution in [0.15, 0.2) is 18.2 Å². The highest BCUT2D eigenvalue weighted by Gasteiger charge is 2.38. The van der Waals surface area contributed by atoms with Crippen LogP contribution in [0, 0.1) is 0 Å². The molecule has 18 heavy (non-hydrogen) atoms. The summed E-state index contributed by atoms with van der Waals surface area (Å²) in [6.45, 7) is 0. The quantitative estimate of drug-likeness (QED) is 0.796. The van der Waals surface area contributed by atoms with Crippen LogP contribution in [0.3, 0.4) is 0 Å². The zero-order chi connectivity index (χ0) is 12.7. The van der Waals surface area contributed by atoms with Crippen LogP contribution in [0.4, 0.5) is 4.79 Å². The molecule has 1 aromatic rings. The van der Waals surface area contributed by atoms with Gasteiger partial charge in [0, 0.05) is 0 Å². The summed E-state index contributed by atoms with van der Waals surface area (Å²) in [6, 6.07) is 5.84. The Labute approximate surface area is 106 Å². The Kier molecular flexibility index (Phi) is 2.74. The molecule has 0 aliphatic heterocycles. The minimum Gasteiger partial charge on any atom is -0.453 e. The lowest BCUT2D eigenvalue weighted by atomic mass is 9.79. The number of aryl methyl sites for hydroxylation is 1. The van der Waals surface area contributed by atoms with Gasteiger partial charge in [-0.05, 0) is 41.9 Å². The van der Waals surface area contributed by atoms with E-state index in [1.807, 2.05) is 12.1 Å². The third-order valence-corrected chi connectivity index (χ3v) is 4.13. The summed E-state index contributed by atoms with van der Waals surface area (Å²) in [6.07, 6.45) is 1.87. The monoisotopic (exact) mass is 247 g/mol. The molecule has 4 heteroatoms. The van der Waals surface area contributed by atoms with Crippen molar-refractivity contribution in [2.75, 3.05) is 7.11 Å². The molecule has 0 saturated carbocycles. The van der Waals surface area contributed by atoms with E-state index in [2.05, 4.69) is 16.1 Å². The van der Waals surface area contributed by atoms with E-state index in [0.29, 0.717) is 5.92 Å². The van der Waals surface area contributed by atoms with Crippen LogP contribution in [-0.4, -0.2) is 24.4 Å². The van der Waals surface area contributed by atoms with Crippen molar-refractivity contribution < 1.29 is 14.6 Å². The maximum Gasteiger partial charge on any atom is 0.407 e. The Bertz CT molecular complexity index is 486. The molecule has 0 bridgehead atoms. The first-order chi connectivity index (χ1) is 8.70. The number of hydrogen-bond donors (Lipinski definition) is 2. The minimum atomic E-state index is -0.631. The fraction of sp³-hybridized carbons (Fsp3) is 0.500. The van der Waals surface area contributed by atoms with Crippen molar-refractivity contribution >= 4 is 6.09 Å². The van der Waals surface area contributed by atoms with E-state index >= 15 is 0 Å². The second-order valence-electron chi connectivity index (χ2n) is 5.08. The average molecular weight is 247 g/mol. The second-order valence-corrected chi connectivity index (χ2v) is 5.08. The Balaban J connectivity index is 1.92. The molecule has 3 rings (SSSR count). The summed E-state index contributed by atoms with van der Waals surface area (Å²) in [4.78, 5) is 11.3. The van der Waals surface area contributed by atoms with Crippen molar-refractivity contribution in [3.8, 4) is 0 Å². The van der Waals surface area contributed by atoms with Crippen molar-refractivity contribution in [3.63, 3.8) is 0 Å². The van der Waals surface area contributed by atoms with Crippen LogP contribution >= 0.6 is 0 Å². The largest absolute Gasteiger partial charge is 0.453 e. The fourth-order valence-electron chi connectivity index (χ4n) is 3.32. The number of rotatable bonds is 1. The van der Waals surface area contributed by atoms with Gasteiger partial charge < -0.3 is 15.2 Å². The van der Waals surface area contributed by atoms with Gasteiger partial charge in [0.05, 0.1) is 19.3 Å². The van der Waals surface area contributed by atoms with E-state index in [4.69, 9.17) is 0 Å². The van der Waals surface area contributed by atoms with Crippen molar-refractivity contribution in [3.05, 3.63) is 34.9 Å². The number of ether oxygens (including phenoxy) is 1. The Morgan fingerprint density at radius 2 is 2.33 bits per heavy atom. The van der Waals surface area contributed by atoms with E-state index in [0.717, 1.165) is 24.8 Å². The molecule has 1 aromatic carbocycles. The molecule has 2 aliphatic carbocycles. The number of methoxy groups -OCH3 is 1. The molecule has 96 valence electrons. The third kappa shape index (κ3) is 1.68. The standard InChI is InChI=1S/C14H17NO3/c1-18-14(17)15-11-7-9-6-5-8-3-2-4-10(12(8)9)13(11)16/h2-4,9,11,13,16H,5-7H2,1H3,(H,15,17)/t9-,11+,13-/m0/s1. The van der Waals surface area contributed by atoms with Crippen LogP contribution < -0.4 is 5.32 Å². The Morgan fingerprint density at radius 1 is 1.50 bits per heavy atom. The first-order valence-electron chi connectivity index (χ1n) is 6.35. The lowest BCUT2D eigenvalue weighted by molar-refractivity contribution is 0.0988. The summed E-state index contributed by atoms with van der Waals surface area (Å²) in [5, 5.41) is 13.1. The third-order valence-electron chi connectivity index (χ3n) is 4.13. The van der Waals surface area contributed by atoms with Crippen LogP contribution in [0.1, 0.15) is 41.6 Å². The predicted molar refractivity (Wildman–Crippen MR) is 66.4 cm³/mol. The van der Waals surface area contributed by atoms with Crippen molar-refractivity contribution in [1.29, 1.82) is 0 Å².